The minimum absolute atomic E-state index is 0.0452. The van der Waals surface area contributed by atoms with Crippen molar-refractivity contribution in [1.82, 2.24) is 15.1 Å². The highest BCUT2D eigenvalue weighted by atomic mass is 19.1. The lowest BCUT2D eigenvalue weighted by molar-refractivity contribution is 0.175. The van der Waals surface area contributed by atoms with E-state index in [1.165, 1.54) is 18.2 Å². The first-order valence-electron chi connectivity index (χ1n) is 7.60. The molecule has 0 saturated carbocycles. The van der Waals surface area contributed by atoms with Gasteiger partial charge in [0, 0.05) is 18.2 Å². The third-order valence-corrected chi connectivity index (χ3v) is 4.24. The summed E-state index contributed by atoms with van der Waals surface area (Å²) >= 11 is 0. The second-order valence-corrected chi connectivity index (χ2v) is 5.83. The lowest BCUT2D eigenvalue weighted by Gasteiger charge is -2.35. The van der Waals surface area contributed by atoms with Gasteiger partial charge in [-0.25, -0.2) is 8.78 Å². The third-order valence-electron chi connectivity index (χ3n) is 4.24. The smallest absolute Gasteiger partial charge is 0.130 e. The summed E-state index contributed by atoms with van der Waals surface area (Å²) in [6.07, 6.45) is 1.07. The number of halogens is 2. The normalized spacial score (nSPS) is 23.0. The number of hydrogen-bond donors (Lipinski definition) is 1. The summed E-state index contributed by atoms with van der Waals surface area (Å²) in [5.41, 5.74) is 0.159. The minimum atomic E-state index is -0.471. The van der Waals surface area contributed by atoms with E-state index >= 15 is 0 Å². The fourth-order valence-corrected chi connectivity index (χ4v) is 3.12. The van der Waals surface area contributed by atoms with Gasteiger partial charge in [-0.2, -0.15) is 0 Å². The van der Waals surface area contributed by atoms with Gasteiger partial charge in [-0.3, -0.25) is 0 Å². The number of hydrogen-bond acceptors (Lipinski definition) is 3. The van der Waals surface area contributed by atoms with Crippen LogP contribution in [0.3, 0.4) is 0 Å². The molecule has 1 aliphatic rings. The highest BCUT2D eigenvalue weighted by Crippen LogP contribution is 2.27. The zero-order valence-electron chi connectivity index (χ0n) is 13.1. The van der Waals surface area contributed by atoms with Crippen molar-refractivity contribution in [3.8, 4) is 0 Å². The summed E-state index contributed by atoms with van der Waals surface area (Å²) in [5, 5.41) is 3.28. The summed E-state index contributed by atoms with van der Waals surface area (Å²) in [5.74, 6) is -0.942. The molecule has 5 heteroatoms. The van der Waals surface area contributed by atoms with Gasteiger partial charge < -0.3 is 15.1 Å². The molecule has 1 fully saturated rings. The van der Waals surface area contributed by atoms with Crippen LogP contribution in [0.15, 0.2) is 18.2 Å². The Balaban J connectivity index is 2.37. The first-order valence-corrected chi connectivity index (χ1v) is 7.60. The zero-order chi connectivity index (χ0) is 15.4. The zero-order valence-corrected chi connectivity index (χ0v) is 13.1. The molecule has 118 valence electrons. The molecule has 2 unspecified atom stereocenters. The molecule has 1 N–H and O–H groups in total. The molecule has 0 radical (unpaired) electrons. The number of benzene rings is 1. The molecule has 0 aliphatic carbocycles. The molecular formula is C16H25F2N3. The molecule has 2 rings (SSSR count). The molecule has 1 aromatic rings. The molecule has 1 aliphatic heterocycles. The Kier molecular flexibility index (Phi) is 5.67. The van der Waals surface area contributed by atoms with E-state index in [0.717, 1.165) is 26.1 Å². The molecule has 1 heterocycles. The number of nitrogens with zero attached hydrogens (tertiary/aromatic N) is 2. The Labute approximate surface area is 125 Å². The fraction of sp³-hybridized carbons (Fsp3) is 0.625. The first kappa shape index (κ1) is 16.3. The SMILES string of the molecule is CCNC(c1c(F)cccc1F)C1CN(C)CCCN1C. The molecule has 1 saturated heterocycles. The van der Waals surface area contributed by atoms with E-state index < -0.39 is 11.6 Å². The summed E-state index contributed by atoms with van der Waals surface area (Å²) in [7, 11) is 4.10. The van der Waals surface area contributed by atoms with Crippen molar-refractivity contribution in [3.63, 3.8) is 0 Å². The van der Waals surface area contributed by atoms with Crippen LogP contribution < -0.4 is 5.32 Å². The molecule has 0 amide bonds. The van der Waals surface area contributed by atoms with Gasteiger partial charge in [0.25, 0.3) is 0 Å². The highest BCUT2D eigenvalue weighted by Gasteiger charge is 2.32. The second kappa shape index (κ2) is 7.29. The Bertz CT molecular complexity index is 447. The standard InChI is InChI=1S/C16H25F2N3/c1-4-19-16(15-12(17)7-5-8-13(15)18)14-11-20(2)9-6-10-21(14)3/h5,7-8,14,16,19H,4,6,9-11H2,1-3H3. The Morgan fingerprint density at radius 1 is 1.24 bits per heavy atom. The van der Waals surface area contributed by atoms with E-state index in [2.05, 4.69) is 22.2 Å². The van der Waals surface area contributed by atoms with Crippen molar-refractivity contribution in [3.05, 3.63) is 35.4 Å². The molecule has 0 aromatic heterocycles. The maximum Gasteiger partial charge on any atom is 0.130 e. The van der Waals surface area contributed by atoms with Gasteiger partial charge in [0.1, 0.15) is 11.6 Å². The van der Waals surface area contributed by atoms with Gasteiger partial charge in [-0.1, -0.05) is 13.0 Å². The molecule has 1 aromatic carbocycles. The summed E-state index contributed by atoms with van der Waals surface area (Å²) < 4.78 is 28.4. The largest absolute Gasteiger partial charge is 0.309 e. The Morgan fingerprint density at radius 2 is 1.90 bits per heavy atom. The molecule has 21 heavy (non-hydrogen) atoms. The van der Waals surface area contributed by atoms with Crippen LogP contribution >= 0.6 is 0 Å². The van der Waals surface area contributed by atoms with E-state index in [0.29, 0.717) is 6.54 Å². The number of rotatable bonds is 4. The molecular weight excluding hydrogens is 272 g/mol. The van der Waals surface area contributed by atoms with Crippen molar-refractivity contribution in [2.24, 2.45) is 0 Å². The maximum absolute atomic E-state index is 14.2. The van der Waals surface area contributed by atoms with Crippen LogP contribution in [0, 0.1) is 11.6 Å². The van der Waals surface area contributed by atoms with Crippen LogP contribution in [0.25, 0.3) is 0 Å². The van der Waals surface area contributed by atoms with Gasteiger partial charge >= 0.3 is 0 Å². The predicted molar refractivity (Wildman–Crippen MR) is 81.3 cm³/mol. The van der Waals surface area contributed by atoms with E-state index in [4.69, 9.17) is 0 Å². The summed E-state index contributed by atoms with van der Waals surface area (Å²) in [6, 6.07) is 3.79. The predicted octanol–water partition coefficient (Wildman–Crippen LogP) is 2.25. The van der Waals surface area contributed by atoms with Crippen LogP contribution in [0.1, 0.15) is 24.9 Å². The number of nitrogens with one attached hydrogen (secondary N) is 1. The van der Waals surface area contributed by atoms with Crippen LogP contribution in [0.5, 0.6) is 0 Å². The topological polar surface area (TPSA) is 18.5 Å². The minimum Gasteiger partial charge on any atom is -0.309 e. The van der Waals surface area contributed by atoms with Gasteiger partial charge in [0.05, 0.1) is 6.04 Å². The summed E-state index contributed by atoms with van der Waals surface area (Å²) in [6.45, 7) is 5.38. The second-order valence-electron chi connectivity index (χ2n) is 5.83. The quantitative estimate of drug-likeness (QED) is 0.919. The third kappa shape index (κ3) is 3.78. The fourth-order valence-electron chi connectivity index (χ4n) is 3.12. The molecule has 3 nitrogen and oxygen atoms in total. The lowest BCUT2D eigenvalue weighted by Crippen LogP contribution is -2.47. The Hall–Kier alpha value is -1.04. The Morgan fingerprint density at radius 3 is 2.52 bits per heavy atom. The van der Waals surface area contributed by atoms with Crippen LogP contribution in [0.4, 0.5) is 8.78 Å². The molecule has 0 spiro atoms. The van der Waals surface area contributed by atoms with Crippen LogP contribution in [0.2, 0.25) is 0 Å². The average molecular weight is 297 g/mol. The molecule has 0 bridgehead atoms. The highest BCUT2D eigenvalue weighted by molar-refractivity contribution is 5.25. The van der Waals surface area contributed by atoms with Crippen LogP contribution in [-0.4, -0.2) is 56.1 Å². The monoisotopic (exact) mass is 297 g/mol. The van der Waals surface area contributed by atoms with Crippen molar-refractivity contribution in [2.75, 3.05) is 40.3 Å². The van der Waals surface area contributed by atoms with Gasteiger partial charge in [-0.05, 0) is 52.3 Å². The number of likely N-dealkylation sites (N-methyl/N-ethyl adjacent to an activating group) is 3. The van der Waals surface area contributed by atoms with E-state index in [1.807, 2.05) is 14.0 Å². The van der Waals surface area contributed by atoms with Gasteiger partial charge in [0.2, 0.25) is 0 Å². The lowest BCUT2D eigenvalue weighted by atomic mass is 9.96. The van der Waals surface area contributed by atoms with E-state index in [-0.39, 0.29) is 17.6 Å². The van der Waals surface area contributed by atoms with Crippen molar-refractivity contribution in [2.45, 2.75) is 25.4 Å². The van der Waals surface area contributed by atoms with Crippen molar-refractivity contribution < 1.29 is 8.78 Å². The van der Waals surface area contributed by atoms with Crippen molar-refractivity contribution >= 4 is 0 Å². The van der Waals surface area contributed by atoms with Gasteiger partial charge in [-0.15, -0.1) is 0 Å². The van der Waals surface area contributed by atoms with Crippen LogP contribution in [-0.2, 0) is 0 Å². The molecule has 2 atom stereocenters. The maximum atomic E-state index is 14.2. The van der Waals surface area contributed by atoms with E-state index in [1.54, 1.807) is 0 Å². The van der Waals surface area contributed by atoms with Crippen molar-refractivity contribution in [1.29, 1.82) is 0 Å². The first-order chi connectivity index (χ1) is 10.0. The van der Waals surface area contributed by atoms with Gasteiger partial charge in [0.15, 0.2) is 0 Å². The summed E-state index contributed by atoms with van der Waals surface area (Å²) in [4.78, 5) is 4.44. The van der Waals surface area contributed by atoms with E-state index in [9.17, 15) is 8.78 Å². The average Bonchev–Trinajstić information content (AvgIpc) is 2.59.